The number of hydrogen-bond donors (Lipinski definition) is 1. The third-order valence-electron chi connectivity index (χ3n) is 3.58. The quantitative estimate of drug-likeness (QED) is 0.661. The molecule has 0 aliphatic heterocycles. The highest BCUT2D eigenvalue weighted by Gasteiger charge is 2.11. The van der Waals surface area contributed by atoms with Gasteiger partial charge < -0.3 is 10.2 Å². The molecule has 3 rings (SSSR count). The van der Waals surface area contributed by atoms with Crippen molar-refractivity contribution in [1.29, 1.82) is 5.26 Å². The molecule has 0 fully saturated rings. The van der Waals surface area contributed by atoms with Crippen LogP contribution >= 0.6 is 28.3 Å². The first-order valence-corrected chi connectivity index (χ1v) is 7.90. The number of nitriles is 1. The lowest BCUT2D eigenvalue weighted by Gasteiger charge is -2.16. The average Bonchev–Trinajstić information content (AvgIpc) is 2.54. The van der Waals surface area contributed by atoms with Gasteiger partial charge in [0.25, 0.3) is 0 Å². The summed E-state index contributed by atoms with van der Waals surface area (Å²) in [4.78, 5) is 6.41. The van der Waals surface area contributed by atoms with Gasteiger partial charge in [0.05, 0.1) is 16.8 Å². The minimum atomic E-state index is 0. The number of anilines is 3. The van der Waals surface area contributed by atoms with Crippen LogP contribution in [0.4, 0.5) is 17.1 Å². The zero-order valence-electron chi connectivity index (χ0n) is 13.2. The van der Waals surface area contributed by atoms with Crippen LogP contribution in [0.5, 0.6) is 0 Å². The zero-order chi connectivity index (χ0) is 16.4. The summed E-state index contributed by atoms with van der Waals surface area (Å²) in [6.45, 7) is 0. The van der Waals surface area contributed by atoms with Gasteiger partial charge in [0.1, 0.15) is 6.07 Å². The van der Waals surface area contributed by atoms with E-state index in [1.54, 1.807) is 6.20 Å². The van der Waals surface area contributed by atoms with Crippen LogP contribution in [-0.4, -0.2) is 19.1 Å². The Balaban J connectivity index is 0.00000208. The van der Waals surface area contributed by atoms with Crippen molar-refractivity contribution in [3.63, 3.8) is 0 Å². The predicted octanol–water partition coefficient (Wildman–Crippen LogP) is 5.10. The summed E-state index contributed by atoms with van der Waals surface area (Å²) >= 11 is 3.47. The Kier molecular flexibility index (Phi) is 5.66. The number of benzene rings is 2. The van der Waals surface area contributed by atoms with Crippen LogP contribution in [0.15, 0.2) is 53.1 Å². The monoisotopic (exact) mass is 402 g/mol. The molecule has 0 unspecified atom stereocenters. The van der Waals surface area contributed by atoms with Crippen LogP contribution in [0.3, 0.4) is 0 Å². The Hall–Kier alpha value is -2.29. The van der Waals surface area contributed by atoms with E-state index in [1.165, 1.54) is 0 Å². The lowest BCUT2D eigenvalue weighted by molar-refractivity contribution is 1.13. The topological polar surface area (TPSA) is 52.0 Å². The SMILES string of the molecule is CN(C)c1ccc2ncc(C#N)c(Nc3cccc(Br)c3)c2c1.Cl. The molecule has 0 bridgehead atoms. The number of aromatic nitrogens is 1. The van der Waals surface area contributed by atoms with Gasteiger partial charge >= 0.3 is 0 Å². The number of hydrogen-bond acceptors (Lipinski definition) is 4. The standard InChI is InChI=1S/C18H15BrN4.ClH/c1-23(2)15-6-7-17-16(9-15)18(12(10-20)11-21-17)22-14-5-3-4-13(19)8-14;/h3-9,11H,1-2H3,(H,21,22);1H. The predicted molar refractivity (Wildman–Crippen MR) is 105 cm³/mol. The lowest BCUT2D eigenvalue weighted by Crippen LogP contribution is -2.08. The third-order valence-corrected chi connectivity index (χ3v) is 4.08. The second-order valence-electron chi connectivity index (χ2n) is 5.39. The van der Waals surface area contributed by atoms with Gasteiger partial charge in [0, 0.05) is 41.5 Å². The number of halogens is 2. The van der Waals surface area contributed by atoms with Crippen molar-refractivity contribution in [2.24, 2.45) is 0 Å². The molecule has 0 radical (unpaired) electrons. The molecule has 1 N–H and O–H groups in total. The van der Waals surface area contributed by atoms with Crippen LogP contribution in [-0.2, 0) is 0 Å². The average molecular weight is 404 g/mol. The summed E-state index contributed by atoms with van der Waals surface area (Å²) in [5.74, 6) is 0. The van der Waals surface area contributed by atoms with E-state index < -0.39 is 0 Å². The van der Waals surface area contributed by atoms with Gasteiger partial charge in [-0.05, 0) is 36.4 Å². The molecule has 122 valence electrons. The summed E-state index contributed by atoms with van der Waals surface area (Å²) in [5.41, 5.74) is 4.13. The fourth-order valence-corrected chi connectivity index (χ4v) is 2.79. The molecule has 0 saturated carbocycles. The van der Waals surface area contributed by atoms with Gasteiger partial charge in [0.15, 0.2) is 0 Å². The molecule has 0 aliphatic carbocycles. The number of nitrogens with zero attached hydrogens (tertiary/aromatic N) is 3. The molecule has 0 spiro atoms. The van der Waals surface area contributed by atoms with E-state index >= 15 is 0 Å². The van der Waals surface area contributed by atoms with Crippen molar-refractivity contribution in [2.75, 3.05) is 24.3 Å². The van der Waals surface area contributed by atoms with E-state index in [-0.39, 0.29) is 12.4 Å². The van der Waals surface area contributed by atoms with Gasteiger partial charge in [-0.1, -0.05) is 22.0 Å². The first-order valence-electron chi connectivity index (χ1n) is 7.11. The highest BCUT2D eigenvalue weighted by molar-refractivity contribution is 9.10. The maximum atomic E-state index is 9.44. The largest absolute Gasteiger partial charge is 0.378 e. The summed E-state index contributed by atoms with van der Waals surface area (Å²) in [5, 5.41) is 13.7. The first kappa shape index (κ1) is 18.1. The highest BCUT2D eigenvalue weighted by Crippen LogP contribution is 2.31. The number of rotatable bonds is 3. The molecular formula is C18H16BrClN4. The maximum absolute atomic E-state index is 9.44. The molecule has 3 aromatic rings. The number of pyridine rings is 1. The molecule has 0 aliphatic rings. The Bertz CT molecular complexity index is 919. The Morgan fingerprint density at radius 2 is 1.96 bits per heavy atom. The zero-order valence-corrected chi connectivity index (χ0v) is 15.6. The Morgan fingerprint density at radius 3 is 2.62 bits per heavy atom. The van der Waals surface area contributed by atoms with Crippen molar-refractivity contribution in [1.82, 2.24) is 4.98 Å². The number of nitrogens with one attached hydrogen (secondary N) is 1. The molecule has 0 atom stereocenters. The molecule has 6 heteroatoms. The molecule has 4 nitrogen and oxygen atoms in total. The summed E-state index contributed by atoms with van der Waals surface area (Å²) in [6, 6.07) is 16.1. The molecule has 2 aromatic carbocycles. The molecule has 0 amide bonds. The van der Waals surface area contributed by atoms with Gasteiger partial charge in [-0.3, -0.25) is 4.98 Å². The maximum Gasteiger partial charge on any atom is 0.103 e. The normalized spacial score (nSPS) is 9.92. The van der Waals surface area contributed by atoms with Gasteiger partial charge in [-0.25, -0.2) is 0 Å². The molecule has 1 heterocycles. The van der Waals surface area contributed by atoms with E-state index in [9.17, 15) is 5.26 Å². The van der Waals surface area contributed by atoms with Gasteiger partial charge in [-0.2, -0.15) is 5.26 Å². The molecule has 24 heavy (non-hydrogen) atoms. The fraction of sp³-hybridized carbons (Fsp3) is 0.111. The summed E-state index contributed by atoms with van der Waals surface area (Å²) < 4.78 is 0.980. The van der Waals surface area contributed by atoms with Crippen molar-refractivity contribution < 1.29 is 0 Å². The van der Waals surface area contributed by atoms with Gasteiger partial charge in [-0.15, -0.1) is 12.4 Å². The van der Waals surface area contributed by atoms with E-state index in [2.05, 4.69) is 32.3 Å². The third kappa shape index (κ3) is 3.61. The highest BCUT2D eigenvalue weighted by atomic mass is 79.9. The second-order valence-corrected chi connectivity index (χ2v) is 6.31. The van der Waals surface area contributed by atoms with Crippen molar-refractivity contribution >= 4 is 56.3 Å². The van der Waals surface area contributed by atoms with E-state index in [0.29, 0.717) is 5.56 Å². The molecular weight excluding hydrogens is 388 g/mol. The van der Waals surface area contributed by atoms with Gasteiger partial charge in [0.2, 0.25) is 0 Å². The first-order chi connectivity index (χ1) is 11.1. The van der Waals surface area contributed by atoms with Crippen LogP contribution in [0.25, 0.3) is 10.9 Å². The fourth-order valence-electron chi connectivity index (χ4n) is 2.39. The van der Waals surface area contributed by atoms with Crippen LogP contribution < -0.4 is 10.2 Å². The number of fused-ring (bicyclic) bond motifs is 1. The lowest BCUT2D eigenvalue weighted by atomic mass is 10.1. The molecule has 0 saturated heterocycles. The minimum Gasteiger partial charge on any atom is -0.378 e. The van der Waals surface area contributed by atoms with Crippen LogP contribution in [0, 0.1) is 11.3 Å². The summed E-state index contributed by atoms with van der Waals surface area (Å²) in [6.07, 6.45) is 1.61. The Labute approximate surface area is 155 Å². The van der Waals surface area contributed by atoms with Crippen molar-refractivity contribution in [3.05, 3.63) is 58.7 Å². The van der Waals surface area contributed by atoms with E-state index in [4.69, 9.17) is 0 Å². The Morgan fingerprint density at radius 1 is 1.17 bits per heavy atom. The van der Waals surface area contributed by atoms with Crippen LogP contribution in [0.2, 0.25) is 0 Å². The minimum absolute atomic E-state index is 0. The smallest absolute Gasteiger partial charge is 0.103 e. The van der Waals surface area contributed by atoms with E-state index in [0.717, 1.165) is 32.4 Å². The molecule has 1 aromatic heterocycles. The summed E-state index contributed by atoms with van der Waals surface area (Å²) in [7, 11) is 3.98. The van der Waals surface area contributed by atoms with Crippen LogP contribution in [0.1, 0.15) is 5.56 Å². The van der Waals surface area contributed by atoms with E-state index in [1.807, 2.05) is 61.5 Å². The van der Waals surface area contributed by atoms with Crippen molar-refractivity contribution in [3.8, 4) is 6.07 Å². The second kappa shape index (κ2) is 7.52. The van der Waals surface area contributed by atoms with Crippen molar-refractivity contribution in [2.45, 2.75) is 0 Å².